The minimum Gasteiger partial charge on any atom is -0.457 e. The number of para-hydroxylation sites is 1. The molecule has 1 amide bonds. The van der Waals surface area contributed by atoms with Crippen molar-refractivity contribution in [2.45, 2.75) is 0 Å². The number of anilines is 1. The number of hydrogen-bond donors (Lipinski definition) is 1. The summed E-state index contributed by atoms with van der Waals surface area (Å²) in [5.74, 6) is 0.0954. The van der Waals surface area contributed by atoms with Crippen LogP contribution >= 0.6 is 11.6 Å². The van der Waals surface area contributed by atoms with Crippen molar-refractivity contribution in [3.05, 3.63) is 88.9 Å². The number of halogens is 1. The molecule has 3 aromatic carbocycles. The Balaban J connectivity index is 1.51. The maximum atomic E-state index is 12.1. The Labute approximate surface area is 172 Å². The van der Waals surface area contributed by atoms with Gasteiger partial charge in [0.25, 0.3) is 5.91 Å². The average molecular weight is 407 g/mol. The zero-order valence-electron chi connectivity index (χ0n) is 15.1. The molecule has 29 heavy (non-hydrogen) atoms. The number of carbonyl (C=O) groups is 2. The highest BCUT2D eigenvalue weighted by Crippen LogP contribution is 2.22. The van der Waals surface area contributed by atoms with E-state index in [1.54, 1.807) is 24.3 Å². The van der Waals surface area contributed by atoms with Crippen LogP contribution in [-0.4, -0.2) is 18.5 Å². The van der Waals surface area contributed by atoms with Gasteiger partial charge in [-0.3, -0.25) is 4.79 Å². The van der Waals surface area contributed by atoms with Crippen molar-refractivity contribution in [2.24, 2.45) is 0 Å². The maximum Gasteiger partial charge on any atom is 0.338 e. The molecule has 3 rings (SSSR count). The van der Waals surface area contributed by atoms with E-state index in [2.05, 4.69) is 5.32 Å². The summed E-state index contributed by atoms with van der Waals surface area (Å²) < 4.78 is 10.7. The molecule has 0 saturated carbocycles. The molecule has 144 valence electrons. The van der Waals surface area contributed by atoms with E-state index >= 15 is 0 Å². The molecule has 0 aliphatic heterocycles. The van der Waals surface area contributed by atoms with Crippen molar-refractivity contribution in [1.29, 1.82) is 5.26 Å². The molecular weight excluding hydrogens is 392 g/mol. The monoisotopic (exact) mass is 406 g/mol. The second kappa shape index (κ2) is 9.40. The molecule has 0 spiro atoms. The third-order valence-electron chi connectivity index (χ3n) is 3.78. The number of ether oxygens (including phenoxy) is 2. The van der Waals surface area contributed by atoms with Crippen LogP contribution in [0, 0.1) is 11.3 Å². The Kier molecular flexibility index (Phi) is 6.46. The summed E-state index contributed by atoms with van der Waals surface area (Å²) >= 11 is 5.91. The normalized spacial score (nSPS) is 9.93. The SMILES string of the molecule is N#Cc1ccc(NC(=O)COC(=O)c2ccc(Oc3ccccc3)cc2)cc1Cl. The van der Waals surface area contributed by atoms with E-state index in [9.17, 15) is 9.59 Å². The summed E-state index contributed by atoms with van der Waals surface area (Å²) in [4.78, 5) is 24.1. The van der Waals surface area contributed by atoms with Gasteiger partial charge >= 0.3 is 5.97 Å². The number of nitrogens with zero attached hydrogens (tertiary/aromatic N) is 1. The fourth-order valence-corrected chi connectivity index (χ4v) is 2.60. The molecule has 0 atom stereocenters. The molecule has 0 aliphatic carbocycles. The zero-order valence-corrected chi connectivity index (χ0v) is 15.8. The molecule has 0 aliphatic rings. The second-order valence-electron chi connectivity index (χ2n) is 5.87. The van der Waals surface area contributed by atoms with Crippen LogP contribution < -0.4 is 10.1 Å². The number of hydrogen-bond acceptors (Lipinski definition) is 5. The highest BCUT2D eigenvalue weighted by atomic mass is 35.5. The first-order valence-electron chi connectivity index (χ1n) is 8.55. The van der Waals surface area contributed by atoms with Gasteiger partial charge in [0.05, 0.1) is 16.1 Å². The smallest absolute Gasteiger partial charge is 0.338 e. The Morgan fingerprint density at radius 1 is 0.966 bits per heavy atom. The quantitative estimate of drug-likeness (QED) is 0.594. The fraction of sp³-hybridized carbons (Fsp3) is 0.0455. The molecule has 0 saturated heterocycles. The number of amides is 1. The minimum absolute atomic E-state index is 0.222. The lowest BCUT2D eigenvalue weighted by molar-refractivity contribution is -0.119. The van der Waals surface area contributed by atoms with E-state index in [0.717, 1.165) is 0 Å². The first kappa shape index (κ1) is 19.9. The van der Waals surface area contributed by atoms with E-state index in [4.69, 9.17) is 26.3 Å². The minimum atomic E-state index is -0.635. The van der Waals surface area contributed by atoms with Crippen LogP contribution in [-0.2, 0) is 9.53 Å². The number of carbonyl (C=O) groups excluding carboxylic acids is 2. The first-order chi connectivity index (χ1) is 14.0. The highest BCUT2D eigenvalue weighted by Gasteiger charge is 2.11. The summed E-state index contributed by atoms with van der Waals surface area (Å²) in [6.45, 7) is -0.460. The van der Waals surface area contributed by atoms with Crippen LogP contribution in [0.5, 0.6) is 11.5 Å². The van der Waals surface area contributed by atoms with Gasteiger partial charge in [-0.2, -0.15) is 5.26 Å². The van der Waals surface area contributed by atoms with Gasteiger partial charge in [-0.1, -0.05) is 29.8 Å². The number of rotatable bonds is 6. The first-order valence-corrected chi connectivity index (χ1v) is 8.92. The molecule has 1 N–H and O–H groups in total. The van der Waals surface area contributed by atoms with Gasteiger partial charge in [0, 0.05) is 5.69 Å². The lowest BCUT2D eigenvalue weighted by atomic mass is 10.2. The molecule has 0 unspecified atom stereocenters. The lowest BCUT2D eigenvalue weighted by Gasteiger charge is -2.08. The maximum absolute atomic E-state index is 12.1. The van der Waals surface area contributed by atoms with Crippen molar-refractivity contribution in [1.82, 2.24) is 0 Å². The summed E-state index contributed by atoms with van der Waals surface area (Å²) in [5, 5.41) is 11.6. The van der Waals surface area contributed by atoms with Crippen molar-refractivity contribution < 1.29 is 19.1 Å². The van der Waals surface area contributed by atoms with E-state index in [1.807, 2.05) is 36.4 Å². The second-order valence-corrected chi connectivity index (χ2v) is 6.28. The van der Waals surface area contributed by atoms with Crippen molar-refractivity contribution in [2.75, 3.05) is 11.9 Å². The molecule has 0 fully saturated rings. The Bertz CT molecular complexity index is 1060. The number of esters is 1. The van der Waals surface area contributed by atoms with E-state index in [1.165, 1.54) is 18.2 Å². The summed E-state index contributed by atoms with van der Waals surface area (Å²) in [5.41, 5.74) is 0.993. The van der Waals surface area contributed by atoms with Crippen molar-refractivity contribution >= 4 is 29.2 Å². The molecule has 0 aromatic heterocycles. The van der Waals surface area contributed by atoms with Crippen LogP contribution in [0.2, 0.25) is 5.02 Å². The topological polar surface area (TPSA) is 88.4 Å². The van der Waals surface area contributed by atoms with Gasteiger partial charge < -0.3 is 14.8 Å². The molecule has 0 heterocycles. The van der Waals surface area contributed by atoms with Gasteiger partial charge in [-0.25, -0.2) is 4.79 Å². The lowest BCUT2D eigenvalue weighted by Crippen LogP contribution is -2.20. The van der Waals surface area contributed by atoms with E-state index in [0.29, 0.717) is 28.3 Å². The van der Waals surface area contributed by atoms with Crippen LogP contribution in [0.4, 0.5) is 5.69 Å². The van der Waals surface area contributed by atoms with Gasteiger partial charge in [0.2, 0.25) is 0 Å². The molecule has 0 bridgehead atoms. The summed E-state index contributed by atoms with van der Waals surface area (Å²) in [7, 11) is 0. The Hall–Kier alpha value is -3.82. The van der Waals surface area contributed by atoms with Crippen LogP contribution in [0.25, 0.3) is 0 Å². The largest absolute Gasteiger partial charge is 0.457 e. The Morgan fingerprint density at radius 3 is 2.31 bits per heavy atom. The molecule has 0 radical (unpaired) electrons. The van der Waals surface area contributed by atoms with Gasteiger partial charge in [-0.15, -0.1) is 0 Å². The third kappa shape index (κ3) is 5.58. The zero-order chi connectivity index (χ0) is 20.6. The van der Waals surface area contributed by atoms with Crippen LogP contribution in [0.3, 0.4) is 0 Å². The van der Waals surface area contributed by atoms with E-state index < -0.39 is 18.5 Å². The molecule has 7 heteroatoms. The van der Waals surface area contributed by atoms with E-state index in [-0.39, 0.29) is 5.02 Å². The van der Waals surface area contributed by atoms with Crippen LogP contribution in [0.1, 0.15) is 15.9 Å². The van der Waals surface area contributed by atoms with Gasteiger partial charge in [0.15, 0.2) is 6.61 Å². The predicted octanol–water partition coefficient (Wildman–Crippen LogP) is 4.80. The summed E-state index contributed by atoms with van der Waals surface area (Å²) in [6, 6.07) is 22.0. The predicted molar refractivity (Wildman–Crippen MR) is 108 cm³/mol. The van der Waals surface area contributed by atoms with Crippen molar-refractivity contribution in [3.63, 3.8) is 0 Å². The Morgan fingerprint density at radius 2 is 1.66 bits per heavy atom. The number of nitrogens with one attached hydrogen (secondary N) is 1. The molecule has 6 nitrogen and oxygen atoms in total. The standard InChI is InChI=1S/C22H15ClN2O4/c23-20-12-17(9-6-16(20)13-24)25-21(26)14-28-22(27)15-7-10-19(11-8-15)29-18-4-2-1-3-5-18/h1-12H,14H2,(H,25,26). The van der Waals surface area contributed by atoms with Crippen LogP contribution in [0.15, 0.2) is 72.8 Å². The van der Waals surface area contributed by atoms with Crippen molar-refractivity contribution in [3.8, 4) is 17.6 Å². The molecular formula is C22H15ClN2O4. The molecule has 3 aromatic rings. The number of nitriles is 1. The highest BCUT2D eigenvalue weighted by molar-refractivity contribution is 6.32. The fourth-order valence-electron chi connectivity index (χ4n) is 2.38. The van der Waals surface area contributed by atoms with Gasteiger partial charge in [-0.05, 0) is 54.6 Å². The number of benzene rings is 3. The van der Waals surface area contributed by atoms with Gasteiger partial charge in [0.1, 0.15) is 17.6 Å². The third-order valence-corrected chi connectivity index (χ3v) is 4.09. The summed E-state index contributed by atoms with van der Waals surface area (Å²) in [6.07, 6.45) is 0. The average Bonchev–Trinajstić information content (AvgIpc) is 2.73.